The number of para-hydroxylation sites is 2. The molecule has 4 rings (SSSR count). The Morgan fingerprint density at radius 1 is 1.13 bits per heavy atom. The fourth-order valence-corrected chi connectivity index (χ4v) is 3.04. The van der Waals surface area contributed by atoms with Gasteiger partial charge in [-0.1, -0.05) is 12.1 Å². The molecule has 2 aromatic carbocycles. The summed E-state index contributed by atoms with van der Waals surface area (Å²) >= 11 is 0. The molecule has 3 aromatic rings. The molecule has 0 spiro atoms. The predicted octanol–water partition coefficient (Wildman–Crippen LogP) is 2.29. The smallest absolute Gasteiger partial charge is 0.338 e. The van der Waals surface area contributed by atoms with Crippen LogP contribution >= 0.6 is 0 Å². The van der Waals surface area contributed by atoms with Crippen LogP contribution in [0.25, 0.3) is 5.69 Å². The van der Waals surface area contributed by atoms with E-state index in [2.05, 4.69) is 10.4 Å². The maximum atomic E-state index is 12.2. The number of nitrogens with zero attached hydrogens (tertiary/aromatic N) is 2. The van der Waals surface area contributed by atoms with Crippen molar-refractivity contribution in [2.45, 2.75) is 13.0 Å². The zero-order valence-corrected chi connectivity index (χ0v) is 16.4. The summed E-state index contributed by atoms with van der Waals surface area (Å²) < 4.78 is 18.2. The van der Waals surface area contributed by atoms with Crippen LogP contribution in [0, 0.1) is 6.92 Å². The minimum atomic E-state index is -0.569. The lowest BCUT2D eigenvalue weighted by atomic mass is 10.2. The number of carbonyl (C=O) groups is 2. The van der Waals surface area contributed by atoms with E-state index in [0.29, 0.717) is 23.7 Å². The van der Waals surface area contributed by atoms with Gasteiger partial charge in [0.25, 0.3) is 5.91 Å². The Hall–Kier alpha value is -3.81. The number of carbonyl (C=O) groups excluding carboxylic acids is 2. The quantitative estimate of drug-likeness (QED) is 0.631. The highest BCUT2D eigenvalue weighted by Crippen LogP contribution is 2.30. The molecule has 1 amide bonds. The highest BCUT2D eigenvalue weighted by Gasteiger charge is 2.21. The number of nitrogens with one attached hydrogen (secondary N) is 1. The van der Waals surface area contributed by atoms with Gasteiger partial charge in [-0.05, 0) is 49.4 Å². The van der Waals surface area contributed by atoms with Gasteiger partial charge in [0.2, 0.25) is 0 Å². The Labute approximate surface area is 173 Å². The second-order valence-electron chi connectivity index (χ2n) is 6.81. The van der Waals surface area contributed by atoms with Gasteiger partial charge in [-0.2, -0.15) is 5.10 Å². The van der Waals surface area contributed by atoms with Crippen LogP contribution in [0.3, 0.4) is 0 Å². The summed E-state index contributed by atoms with van der Waals surface area (Å²) in [5.74, 6) is 0.348. The maximum absolute atomic E-state index is 12.2. The first kappa shape index (κ1) is 19.5. The van der Waals surface area contributed by atoms with E-state index in [1.807, 2.05) is 37.3 Å². The third-order valence-corrected chi connectivity index (χ3v) is 4.61. The van der Waals surface area contributed by atoms with Crippen molar-refractivity contribution in [1.82, 2.24) is 15.1 Å². The van der Waals surface area contributed by atoms with E-state index in [4.69, 9.17) is 14.2 Å². The molecule has 2 heterocycles. The van der Waals surface area contributed by atoms with E-state index in [0.717, 1.165) is 11.4 Å². The van der Waals surface area contributed by atoms with E-state index >= 15 is 0 Å². The lowest BCUT2D eigenvalue weighted by molar-refractivity contribution is -0.124. The zero-order chi connectivity index (χ0) is 20.9. The number of hydrogen-bond donors (Lipinski definition) is 1. The van der Waals surface area contributed by atoms with E-state index in [1.165, 1.54) is 0 Å². The van der Waals surface area contributed by atoms with Crippen molar-refractivity contribution in [3.63, 3.8) is 0 Å². The first-order chi connectivity index (χ1) is 14.6. The Balaban J connectivity index is 1.23. The normalized spacial score (nSPS) is 14.8. The summed E-state index contributed by atoms with van der Waals surface area (Å²) in [5.41, 5.74) is 2.18. The van der Waals surface area contributed by atoms with E-state index < -0.39 is 11.9 Å². The molecule has 8 nitrogen and oxygen atoms in total. The van der Waals surface area contributed by atoms with Crippen LogP contribution < -0.4 is 14.8 Å². The second kappa shape index (κ2) is 8.69. The third kappa shape index (κ3) is 4.43. The molecule has 0 aliphatic carbocycles. The second-order valence-corrected chi connectivity index (χ2v) is 6.81. The summed E-state index contributed by atoms with van der Waals surface area (Å²) in [7, 11) is 0. The molecule has 1 N–H and O–H groups in total. The Morgan fingerprint density at radius 3 is 2.63 bits per heavy atom. The van der Waals surface area contributed by atoms with Crippen LogP contribution in [0.5, 0.6) is 11.5 Å². The standard InChI is InChI=1S/C22H21N3O5/c1-15-10-11-24-25(15)17-8-6-16(7-9-17)22(27)29-14-21(26)23-12-18-13-28-19-4-2-3-5-20(19)30-18/h2-11,18H,12-14H2,1H3,(H,23,26)/t18-/m1/s1. The van der Waals surface area contributed by atoms with Crippen LogP contribution in [-0.4, -0.2) is 47.5 Å². The SMILES string of the molecule is Cc1ccnn1-c1ccc(C(=O)OCC(=O)NC[C@@H]2COc3ccccc3O2)cc1. The number of aryl methyl sites for hydroxylation is 1. The number of rotatable bonds is 6. The van der Waals surface area contributed by atoms with Crippen LogP contribution in [0.1, 0.15) is 16.1 Å². The summed E-state index contributed by atoms with van der Waals surface area (Å²) in [5, 5.41) is 6.91. The molecule has 0 fully saturated rings. The minimum absolute atomic E-state index is 0.253. The Bertz CT molecular complexity index is 1040. The van der Waals surface area contributed by atoms with Crippen molar-refractivity contribution in [3.8, 4) is 17.2 Å². The number of aromatic nitrogens is 2. The molecule has 0 saturated heterocycles. The highest BCUT2D eigenvalue weighted by atomic mass is 16.6. The minimum Gasteiger partial charge on any atom is -0.486 e. The van der Waals surface area contributed by atoms with Crippen molar-refractivity contribution in [1.29, 1.82) is 0 Å². The van der Waals surface area contributed by atoms with Crippen molar-refractivity contribution < 1.29 is 23.8 Å². The van der Waals surface area contributed by atoms with Gasteiger partial charge in [-0.3, -0.25) is 4.79 Å². The van der Waals surface area contributed by atoms with Crippen molar-refractivity contribution >= 4 is 11.9 Å². The first-order valence-electron chi connectivity index (χ1n) is 9.53. The van der Waals surface area contributed by atoms with Crippen molar-refractivity contribution in [2.24, 2.45) is 0 Å². The van der Waals surface area contributed by atoms with Gasteiger partial charge in [-0.15, -0.1) is 0 Å². The molecule has 8 heteroatoms. The van der Waals surface area contributed by atoms with E-state index in [-0.39, 0.29) is 19.3 Å². The van der Waals surface area contributed by atoms with Gasteiger partial charge in [0.05, 0.1) is 17.8 Å². The molecule has 30 heavy (non-hydrogen) atoms. The molecular weight excluding hydrogens is 386 g/mol. The van der Waals surface area contributed by atoms with Gasteiger partial charge >= 0.3 is 5.97 Å². The number of amides is 1. The lowest BCUT2D eigenvalue weighted by Gasteiger charge is -2.26. The summed E-state index contributed by atoms with van der Waals surface area (Å²) in [6, 6.07) is 16.1. The van der Waals surface area contributed by atoms with Crippen LogP contribution in [-0.2, 0) is 9.53 Å². The van der Waals surface area contributed by atoms with Crippen LogP contribution in [0.15, 0.2) is 60.8 Å². The molecule has 1 aromatic heterocycles. The van der Waals surface area contributed by atoms with Gasteiger partial charge in [0, 0.05) is 11.9 Å². The Kier molecular flexibility index (Phi) is 5.65. The molecule has 1 atom stereocenters. The Morgan fingerprint density at radius 2 is 1.90 bits per heavy atom. The number of fused-ring (bicyclic) bond motifs is 1. The largest absolute Gasteiger partial charge is 0.486 e. The molecule has 1 aliphatic heterocycles. The molecular formula is C22H21N3O5. The summed E-state index contributed by atoms with van der Waals surface area (Å²) in [4.78, 5) is 24.2. The number of esters is 1. The average Bonchev–Trinajstić information content (AvgIpc) is 3.21. The van der Waals surface area contributed by atoms with Crippen LogP contribution in [0.2, 0.25) is 0 Å². The monoisotopic (exact) mass is 407 g/mol. The molecule has 0 unspecified atom stereocenters. The van der Waals surface area contributed by atoms with Gasteiger partial charge < -0.3 is 19.5 Å². The molecule has 0 saturated carbocycles. The molecule has 1 aliphatic rings. The lowest BCUT2D eigenvalue weighted by Crippen LogP contribution is -2.42. The molecule has 154 valence electrons. The topological polar surface area (TPSA) is 91.7 Å². The number of hydrogen-bond acceptors (Lipinski definition) is 6. The molecule has 0 bridgehead atoms. The van der Waals surface area contributed by atoms with Gasteiger partial charge in [-0.25, -0.2) is 9.48 Å². The number of benzene rings is 2. The summed E-state index contributed by atoms with van der Waals surface area (Å²) in [6.07, 6.45) is 1.40. The van der Waals surface area contributed by atoms with Gasteiger partial charge in [0.15, 0.2) is 18.1 Å². The van der Waals surface area contributed by atoms with E-state index in [9.17, 15) is 9.59 Å². The third-order valence-electron chi connectivity index (χ3n) is 4.61. The predicted molar refractivity (Wildman–Crippen MR) is 108 cm³/mol. The van der Waals surface area contributed by atoms with Gasteiger partial charge in [0.1, 0.15) is 12.7 Å². The number of ether oxygens (including phenoxy) is 3. The van der Waals surface area contributed by atoms with Crippen LogP contribution in [0.4, 0.5) is 0 Å². The first-order valence-corrected chi connectivity index (χ1v) is 9.53. The molecule has 0 radical (unpaired) electrons. The average molecular weight is 407 g/mol. The summed E-state index contributed by atoms with van der Waals surface area (Å²) in [6.45, 7) is 2.15. The van der Waals surface area contributed by atoms with E-state index in [1.54, 1.807) is 35.1 Å². The highest BCUT2D eigenvalue weighted by molar-refractivity contribution is 5.91. The fourth-order valence-electron chi connectivity index (χ4n) is 3.04. The van der Waals surface area contributed by atoms with Crippen molar-refractivity contribution in [3.05, 3.63) is 72.1 Å². The zero-order valence-electron chi connectivity index (χ0n) is 16.4. The van der Waals surface area contributed by atoms with Crippen molar-refractivity contribution in [2.75, 3.05) is 19.8 Å². The fraction of sp³-hybridized carbons (Fsp3) is 0.227. The maximum Gasteiger partial charge on any atom is 0.338 e.